The van der Waals surface area contributed by atoms with Gasteiger partial charge in [0, 0.05) is 14.2 Å². The molecule has 0 bridgehead atoms. The van der Waals surface area contributed by atoms with Crippen molar-refractivity contribution in [3.05, 3.63) is 0 Å². The fourth-order valence-corrected chi connectivity index (χ4v) is 0. The highest BCUT2D eigenvalue weighted by molar-refractivity contribution is 7.97. The molecule has 3 nitrogen and oxygen atoms in total. The first-order chi connectivity index (χ1) is 5.97. The van der Waals surface area contributed by atoms with Crippen molar-refractivity contribution in [3.63, 3.8) is 0 Å². The third-order valence-corrected chi connectivity index (χ3v) is 0. The summed E-state index contributed by atoms with van der Waals surface area (Å²) in [6.45, 7) is 0. The van der Waals surface area contributed by atoms with Crippen LogP contribution in [-0.4, -0.2) is 66.9 Å². The minimum absolute atomic E-state index is 0. The van der Waals surface area contributed by atoms with Crippen molar-refractivity contribution in [2.24, 2.45) is 0 Å². The third-order valence-electron chi connectivity index (χ3n) is 0. The first kappa shape index (κ1) is 53.3. The highest BCUT2D eigenvalue weighted by Gasteiger charge is 1.58. The van der Waals surface area contributed by atoms with E-state index in [1.807, 2.05) is 52.6 Å². The van der Waals surface area contributed by atoms with E-state index < -0.39 is 0 Å². The SMILES string of the molecule is C.C.C.C.CN(C)C.CNC.COC.CSC. The maximum absolute atomic E-state index is 4.25. The Labute approximate surface area is 119 Å². The maximum atomic E-state index is 4.25. The number of methoxy groups -OCH3 is 1. The lowest BCUT2D eigenvalue weighted by atomic mass is 11.0. The van der Waals surface area contributed by atoms with Gasteiger partial charge in [-0.05, 0) is 47.7 Å². The monoisotopic (exact) mass is 276 g/mol. The molecule has 0 aliphatic carbocycles. The Balaban J connectivity index is -0.00000000989. The van der Waals surface area contributed by atoms with Crippen molar-refractivity contribution in [2.75, 3.05) is 62.0 Å². The fourth-order valence-electron chi connectivity index (χ4n) is 0. The lowest BCUT2D eigenvalue weighted by Crippen LogP contribution is -1.99. The Kier molecular flexibility index (Phi) is 304. The van der Waals surface area contributed by atoms with Gasteiger partial charge < -0.3 is 15.0 Å². The zero-order valence-electron chi connectivity index (χ0n) is 10.8. The molecule has 0 spiro atoms. The van der Waals surface area contributed by atoms with Crippen molar-refractivity contribution in [2.45, 2.75) is 29.7 Å². The predicted molar refractivity (Wildman–Crippen MR) is 93.9 cm³/mol. The highest BCUT2D eigenvalue weighted by Crippen LogP contribution is 1.70. The number of nitrogens with zero attached hydrogens (tertiary/aromatic N) is 1. The molecule has 17 heavy (non-hydrogen) atoms. The van der Waals surface area contributed by atoms with Gasteiger partial charge in [0.1, 0.15) is 0 Å². The Morgan fingerprint density at radius 3 is 0.824 bits per heavy atom. The third kappa shape index (κ3) is 62100. The minimum atomic E-state index is 0. The Morgan fingerprint density at radius 1 is 0.824 bits per heavy atom. The van der Waals surface area contributed by atoms with Crippen LogP contribution >= 0.6 is 11.8 Å². The van der Waals surface area contributed by atoms with Crippen LogP contribution in [0.4, 0.5) is 0 Å². The van der Waals surface area contributed by atoms with Crippen LogP contribution in [0.2, 0.25) is 0 Å². The standard InChI is InChI=1S/C3H9N.C2H7N.C2H6O.C2H6S.4CH4/c1-4(2)3;3*1-3-2;;;;/h1-3H3;3H,1-2H3;2*1-2H3;4*1H4. The molecule has 0 radical (unpaired) electrons. The molecule has 0 saturated heterocycles. The van der Waals surface area contributed by atoms with Gasteiger partial charge >= 0.3 is 0 Å². The van der Waals surface area contributed by atoms with E-state index in [1.54, 1.807) is 26.0 Å². The number of nitrogens with one attached hydrogen (secondary N) is 1. The van der Waals surface area contributed by atoms with Crippen LogP contribution in [-0.2, 0) is 4.74 Å². The topological polar surface area (TPSA) is 24.5 Å². The van der Waals surface area contributed by atoms with Crippen LogP contribution in [0.15, 0.2) is 0 Å². The van der Waals surface area contributed by atoms with E-state index in [4.69, 9.17) is 0 Å². The zero-order valence-corrected chi connectivity index (χ0v) is 11.6. The van der Waals surface area contributed by atoms with Crippen LogP contribution in [0.3, 0.4) is 0 Å². The van der Waals surface area contributed by atoms with Gasteiger partial charge in [0.05, 0.1) is 0 Å². The normalized spacial score (nSPS) is 5.29. The van der Waals surface area contributed by atoms with Gasteiger partial charge in [-0.15, -0.1) is 0 Å². The van der Waals surface area contributed by atoms with Crippen LogP contribution in [0.5, 0.6) is 0 Å². The summed E-state index contributed by atoms with van der Waals surface area (Å²) >= 11 is 1.75. The summed E-state index contributed by atoms with van der Waals surface area (Å²) in [6.07, 6.45) is 4.08. The van der Waals surface area contributed by atoms with Gasteiger partial charge in [-0.25, -0.2) is 0 Å². The molecule has 1 N–H and O–H groups in total. The Bertz CT molecular complexity index is 40.9. The fraction of sp³-hybridized carbons (Fsp3) is 1.00. The molecule has 4 heteroatoms. The lowest BCUT2D eigenvalue weighted by Gasteiger charge is -1.90. The van der Waals surface area contributed by atoms with Crippen molar-refractivity contribution < 1.29 is 4.74 Å². The first-order valence-electron chi connectivity index (χ1n) is 3.97. The molecule has 0 aromatic heterocycles. The van der Waals surface area contributed by atoms with Crippen LogP contribution in [0.1, 0.15) is 29.7 Å². The van der Waals surface area contributed by atoms with Crippen molar-refractivity contribution in [1.29, 1.82) is 0 Å². The summed E-state index contributed by atoms with van der Waals surface area (Å²) in [5, 5.41) is 2.75. The summed E-state index contributed by atoms with van der Waals surface area (Å²) in [4.78, 5) is 2.00. The summed E-state index contributed by atoms with van der Waals surface area (Å²) in [5.41, 5.74) is 0. The first-order valence-corrected chi connectivity index (χ1v) is 5.61. The van der Waals surface area contributed by atoms with Crippen molar-refractivity contribution >= 4 is 11.8 Å². The van der Waals surface area contributed by atoms with E-state index in [0.717, 1.165) is 0 Å². The summed E-state index contributed by atoms with van der Waals surface area (Å²) in [6, 6.07) is 0. The molecule has 0 fully saturated rings. The second-order valence-electron chi connectivity index (χ2n) is 2.66. The zero-order chi connectivity index (χ0) is 11.7. The molecule has 0 rings (SSSR count). The molecule has 0 aliphatic rings. The van der Waals surface area contributed by atoms with E-state index >= 15 is 0 Å². The molecule has 0 heterocycles. The molecular weight excluding hydrogens is 232 g/mol. The van der Waals surface area contributed by atoms with E-state index in [0.29, 0.717) is 0 Å². The minimum Gasteiger partial charge on any atom is -0.388 e. The van der Waals surface area contributed by atoms with Crippen LogP contribution in [0.25, 0.3) is 0 Å². The molecule has 0 aromatic carbocycles. The van der Waals surface area contributed by atoms with Crippen LogP contribution in [0, 0.1) is 0 Å². The van der Waals surface area contributed by atoms with E-state index in [1.165, 1.54) is 0 Å². The maximum Gasteiger partial charge on any atom is 0.0351 e. The molecule has 0 unspecified atom stereocenters. The lowest BCUT2D eigenvalue weighted by molar-refractivity contribution is 0.277. The van der Waals surface area contributed by atoms with Gasteiger partial charge in [-0.1, -0.05) is 29.7 Å². The quantitative estimate of drug-likeness (QED) is 0.727. The molecule has 0 atom stereocenters. The Hall–Kier alpha value is 0.230. The number of thioether (sulfide) groups is 1. The molecular formula is C13H44N2OS. The average molecular weight is 277 g/mol. The van der Waals surface area contributed by atoms with E-state index in [-0.39, 0.29) is 29.7 Å². The second-order valence-corrected chi connectivity index (χ2v) is 3.47. The van der Waals surface area contributed by atoms with E-state index in [2.05, 4.69) is 10.1 Å². The predicted octanol–water partition coefficient (Wildman–Crippen LogP) is 3.80. The van der Waals surface area contributed by atoms with Gasteiger partial charge in [0.2, 0.25) is 0 Å². The number of hydrogen-bond acceptors (Lipinski definition) is 4. The molecule has 118 valence electrons. The number of hydrogen-bond donors (Lipinski definition) is 1. The second kappa shape index (κ2) is 97.0. The van der Waals surface area contributed by atoms with E-state index in [9.17, 15) is 0 Å². The Morgan fingerprint density at radius 2 is 0.824 bits per heavy atom. The summed E-state index contributed by atoms with van der Waals surface area (Å²) in [7, 11) is 13.0. The molecule has 0 aromatic rings. The smallest absolute Gasteiger partial charge is 0.0351 e. The number of ether oxygens (including phenoxy) is 1. The van der Waals surface area contributed by atoms with Crippen LogP contribution < -0.4 is 5.32 Å². The van der Waals surface area contributed by atoms with Gasteiger partial charge in [0.15, 0.2) is 0 Å². The van der Waals surface area contributed by atoms with Gasteiger partial charge in [0.25, 0.3) is 0 Å². The number of rotatable bonds is 0. The largest absolute Gasteiger partial charge is 0.388 e. The molecule has 0 aliphatic heterocycles. The summed E-state index contributed by atoms with van der Waals surface area (Å²) < 4.78 is 4.25. The molecule has 0 saturated carbocycles. The highest BCUT2D eigenvalue weighted by atomic mass is 32.2. The average Bonchev–Trinajstić information content (AvgIpc) is 1.88. The van der Waals surface area contributed by atoms with Gasteiger partial charge in [-0.2, -0.15) is 11.8 Å². The summed E-state index contributed by atoms with van der Waals surface area (Å²) in [5.74, 6) is 0. The van der Waals surface area contributed by atoms with Crippen molar-refractivity contribution in [1.82, 2.24) is 10.2 Å². The molecule has 0 amide bonds. The van der Waals surface area contributed by atoms with Gasteiger partial charge in [-0.3, -0.25) is 0 Å². The van der Waals surface area contributed by atoms with Crippen molar-refractivity contribution in [3.8, 4) is 0 Å².